The number of amides is 1. The molecule has 0 spiro atoms. The Morgan fingerprint density at radius 3 is 2.55 bits per heavy atom. The number of thiophene rings is 1. The van der Waals surface area contributed by atoms with Gasteiger partial charge in [-0.3, -0.25) is 9.69 Å². The minimum absolute atomic E-state index is 0.00517. The molecule has 0 bridgehead atoms. The lowest BCUT2D eigenvalue weighted by atomic mass is 10.0. The van der Waals surface area contributed by atoms with Gasteiger partial charge in [-0.1, -0.05) is 11.2 Å². The number of nitrogens with zero attached hydrogens (tertiary/aromatic N) is 6. The molecule has 1 aromatic carbocycles. The van der Waals surface area contributed by atoms with Crippen LogP contribution >= 0.6 is 11.3 Å². The highest BCUT2D eigenvalue weighted by Crippen LogP contribution is 2.35. The molecule has 44 heavy (non-hydrogen) atoms. The third kappa shape index (κ3) is 5.73. The zero-order valence-corrected chi connectivity index (χ0v) is 27.5. The fourth-order valence-corrected chi connectivity index (χ4v) is 9.09. The van der Waals surface area contributed by atoms with Gasteiger partial charge in [-0.15, -0.1) is 11.3 Å². The minimum Gasteiger partial charge on any atom is -0.366 e. The summed E-state index contributed by atoms with van der Waals surface area (Å²) < 4.78 is 34.2. The van der Waals surface area contributed by atoms with Crippen molar-refractivity contribution >= 4 is 44.0 Å². The molecule has 0 saturated carbocycles. The lowest BCUT2D eigenvalue weighted by Gasteiger charge is -2.35. The maximum atomic E-state index is 13.5. The highest BCUT2D eigenvalue weighted by Gasteiger charge is 2.36. The normalized spacial score (nSPS) is 18.6. The summed E-state index contributed by atoms with van der Waals surface area (Å²) in [5.41, 5.74) is 2.79. The van der Waals surface area contributed by atoms with Crippen molar-refractivity contribution in [1.29, 1.82) is 0 Å². The number of hydrogen-bond acceptors (Lipinski definition) is 10. The third-order valence-corrected chi connectivity index (χ3v) is 12.3. The van der Waals surface area contributed by atoms with E-state index in [9.17, 15) is 13.2 Å². The lowest BCUT2D eigenvalue weighted by Crippen LogP contribution is -2.50. The number of para-hydroxylation sites is 1. The van der Waals surface area contributed by atoms with Crippen LogP contribution in [0.25, 0.3) is 21.5 Å². The van der Waals surface area contributed by atoms with Gasteiger partial charge in [-0.25, -0.2) is 18.4 Å². The number of aromatic nitrogens is 3. The molecule has 2 aliphatic heterocycles. The number of benzene rings is 1. The van der Waals surface area contributed by atoms with E-state index in [2.05, 4.69) is 46.1 Å². The second kappa shape index (κ2) is 11.8. The number of nitrogens with one attached hydrogen (secondary N) is 1. The van der Waals surface area contributed by atoms with E-state index in [4.69, 9.17) is 4.52 Å². The number of fused-ring (bicyclic) bond motifs is 1. The van der Waals surface area contributed by atoms with Crippen molar-refractivity contribution in [3.05, 3.63) is 53.5 Å². The first-order chi connectivity index (χ1) is 21.0. The average molecular weight is 638 g/mol. The van der Waals surface area contributed by atoms with E-state index in [0.717, 1.165) is 40.9 Å². The minimum atomic E-state index is -3.61. The fraction of sp³-hybridized carbons (Fsp3) is 0.484. The molecule has 13 heteroatoms. The molecule has 234 valence electrons. The van der Waals surface area contributed by atoms with Gasteiger partial charge in [-0.05, 0) is 71.7 Å². The first-order valence-corrected chi connectivity index (χ1v) is 17.3. The van der Waals surface area contributed by atoms with E-state index in [1.165, 1.54) is 17.7 Å². The second-order valence-electron chi connectivity index (χ2n) is 12.4. The van der Waals surface area contributed by atoms with Gasteiger partial charge in [0.05, 0.1) is 21.7 Å². The molecule has 2 aliphatic rings. The molecule has 0 radical (unpaired) electrons. The van der Waals surface area contributed by atoms with E-state index in [0.29, 0.717) is 59.6 Å². The standard InChI is InChI=1S/C31H39N7O4S2/c1-20(34-29-23-8-6-9-24(27(23)32-19-33-29)30(39)38-13-7-12-31(38,4)5)18-36-14-16-37(17-15-36)44(40,41)26-11-10-25(43-26)28-21(2)22(3)35-42-28/h6,8-11,19-20H,7,12-18H2,1-5H3,(H,32,33,34)/t20-/m0/s1. The molecule has 11 nitrogen and oxygen atoms in total. The number of carbonyl (C=O) groups excluding carboxylic acids is 1. The Balaban J connectivity index is 1.09. The van der Waals surface area contributed by atoms with Crippen LogP contribution in [0.15, 0.2) is 45.4 Å². The Hall–Kier alpha value is -3.39. The van der Waals surface area contributed by atoms with E-state index < -0.39 is 10.0 Å². The summed E-state index contributed by atoms with van der Waals surface area (Å²) in [6, 6.07) is 9.16. The number of likely N-dealkylation sites (tertiary alicyclic amines) is 1. The van der Waals surface area contributed by atoms with Crippen molar-refractivity contribution < 1.29 is 17.7 Å². The van der Waals surface area contributed by atoms with Crippen molar-refractivity contribution in [3.8, 4) is 10.6 Å². The maximum absolute atomic E-state index is 13.5. The molecule has 6 rings (SSSR count). The molecular formula is C31H39N7O4S2. The number of anilines is 1. The largest absolute Gasteiger partial charge is 0.366 e. The second-order valence-corrected chi connectivity index (χ2v) is 15.6. The Morgan fingerprint density at radius 2 is 1.86 bits per heavy atom. The van der Waals surface area contributed by atoms with E-state index in [1.807, 2.05) is 36.9 Å². The molecule has 2 saturated heterocycles. The van der Waals surface area contributed by atoms with E-state index in [1.54, 1.807) is 16.4 Å². The predicted octanol–water partition coefficient (Wildman–Crippen LogP) is 4.78. The van der Waals surface area contributed by atoms with Crippen LogP contribution in [0.2, 0.25) is 0 Å². The van der Waals surface area contributed by atoms with Crippen LogP contribution in [0.1, 0.15) is 55.2 Å². The van der Waals surface area contributed by atoms with E-state index in [-0.39, 0.29) is 17.5 Å². The molecule has 1 N–H and O–H groups in total. The first-order valence-electron chi connectivity index (χ1n) is 15.0. The summed E-state index contributed by atoms with van der Waals surface area (Å²) in [5, 5.41) is 8.32. The number of aryl methyl sites for hydroxylation is 1. The van der Waals surface area contributed by atoms with Crippen LogP contribution in [0.4, 0.5) is 5.82 Å². The lowest BCUT2D eigenvalue weighted by molar-refractivity contribution is 0.0654. The smallest absolute Gasteiger partial charge is 0.256 e. The number of hydrogen-bond donors (Lipinski definition) is 1. The SMILES string of the molecule is Cc1noc(-c2ccc(S(=O)(=O)N3CCN(C[C@H](C)Nc4ncnc5c(C(=O)N6CCCC6(C)C)cccc45)CC3)s2)c1C. The predicted molar refractivity (Wildman–Crippen MR) is 171 cm³/mol. The van der Waals surface area contributed by atoms with Gasteiger partial charge in [0.1, 0.15) is 16.4 Å². The van der Waals surface area contributed by atoms with Gasteiger partial charge in [0.15, 0.2) is 5.76 Å². The zero-order valence-electron chi connectivity index (χ0n) is 25.8. The molecule has 0 unspecified atom stereocenters. The zero-order chi connectivity index (χ0) is 31.2. The Kier molecular flexibility index (Phi) is 8.24. The summed E-state index contributed by atoms with van der Waals surface area (Å²) >= 11 is 1.21. The highest BCUT2D eigenvalue weighted by molar-refractivity contribution is 7.91. The summed E-state index contributed by atoms with van der Waals surface area (Å²) in [4.78, 5) is 27.5. The van der Waals surface area contributed by atoms with Crippen LogP contribution in [-0.4, -0.2) is 94.4 Å². The van der Waals surface area contributed by atoms with Crippen LogP contribution in [0.5, 0.6) is 0 Å². The molecule has 0 aliphatic carbocycles. The molecular weight excluding hydrogens is 599 g/mol. The number of carbonyl (C=O) groups is 1. The summed E-state index contributed by atoms with van der Waals surface area (Å²) in [7, 11) is -3.61. The van der Waals surface area contributed by atoms with Crippen molar-refractivity contribution in [3.63, 3.8) is 0 Å². The van der Waals surface area contributed by atoms with Crippen molar-refractivity contribution in [2.45, 2.75) is 63.3 Å². The maximum Gasteiger partial charge on any atom is 0.256 e. The van der Waals surface area contributed by atoms with Gasteiger partial charge in [0.25, 0.3) is 15.9 Å². The van der Waals surface area contributed by atoms with Crippen molar-refractivity contribution in [2.24, 2.45) is 0 Å². The summed E-state index contributed by atoms with van der Waals surface area (Å²) in [6.45, 7) is 13.6. The first kappa shape index (κ1) is 30.6. The number of sulfonamides is 1. The van der Waals surface area contributed by atoms with Gasteiger partial charge >= 0.3 is 0 Å². The van der Waals surface area contributed by atoms with Crippen molar-refractivity contribution in [1.82, 2.24) is 29.2 Å². The molecule has 1 atom stereocenters. The fourth-order valence-electron chi connectivity index (χ4n) is 6.18. The topological polar surface area (TPSA) is 125 Å². The highest BCUT2D eigenvalue weighted by atomic mass is 32.2. The van der Waals surface area contributed by atoms with Gasteiger partial charge in [0.2, 0.25) is 0 Å². The average Bonchev–Trinajstić information content (AvgIpc) is 3.71. The quantitative estimate of drug-likeness (QED) is 0.291. The van der Waals surface area contributed by atoms with Crippen LogP contribution < -0.4 is 5.32 Å². The molecule has 1 amide bonds. The van der Waals surface area contributed by atoms with Crippen LogP contribution in [0, 0.1) is 13.8 Å². The molecule has 2 fully saturated rings. The van der Waals surface area contributed by atoms with Crippen LogP contribution in [-0.2, 0) is 10.0 Å². The molecule has 5 heterocycles. The molecule has 3 aromatic heterocycles. The van der Waals surface area contributed by atoms with Gasteiger partial charge < -0.3 is 14.7 Å². The third-order valence-electron chi connectivity index (χ3n) is 8.84. The van der Waals surface area contributed by atoms with Gasteiger partial charge in [-0.2, -0.15) is 4.31 Å². The summed E-state index contributed by atoms with van der Waals surface area (Å²) in [6.07, 6.45) is 3.50. The number of piperazine rings is 1. The van der Waals surface area contributed by atoms with Gasteiger partial charge in [0, 0.05) is 61.8 Å². The van der Waals surface area contributed by atoms with Crippen molar-refractivity contribution in [2.75, 3.05) is 44.6 Å². The number of rotatable bonds is 8. The van der Waals surface area contributed by atoms with E-state index >= 15 is 0 Å². The Morgan fingerprint density at radius 1 is 1.09 bits per heavy atom. The Bertz CT molecular complexity index is 1790. The molecule has 4 aromatic rings. The van der Waals surface area contributed by atoms with Crippen LogP contribution in [0.3, 0.4) is 0 Å². The summed E-state index contributed by atoms with van der Waals surface area (Å²) in [5.74, 6) is 1.31. The monoisotopic (exact) mass is 637 g/mol. The Labute approximate surface area is 262 Å².